The molecule has 0 radical (unpaired) electrons. The number of ketones is 2. The van der Waals surface area contributed by atoms with E-state index in [0.717, 1.165) is 0 Å². The molecule has 23 heavy (non-hydrogen) atoms. The molecule has 8 heteroatoms. The van der Waals surface area contributed by atoms with Gasteiger partial charge in [-0.25, -0.2) is 0 Å². The van der Waals surface area contributed by atoms with Gasteiger partial charge < -0.3 is 16.4 Å². The van der Waals surface area contributed by atoms with E-state index in [1.54, 1.807) is 0 Å². The number of benzene rings is 1. The zero-order valence-electron chi connectivity index (χ0n) is 12.8. The second-order valence-corrected chi connectivity index (χ2v) is 4.98. The van der Waals surface area contributed by atoms with Crippen molar-refractivity contribution < 1.29 is 24.0 Å². The molecule has 1 rings (SSSR count). The highest BCUT2D eigenvalue weighted by Gasteiger charge is 2.14. The largest absolute Gasteiger partial charge is 0.366 e. The fourth-order valence-corrected chi connectivity index (χ4v) is 1.79. The van der Waals surface area contributed by atoms with Crippen LogP contribution in [0, 0.1) is 0 Å². The predicted octanol–water partition coefficient (Wildman–Crippen LogP) is 0.621. The van der Waals surface area contributed by atoms with Crippen LogP contribution in [0.1, 0.15) is 37.0 Å². The highest BCUT2D eigenvalue weighted by molar-refractivity contribution is 6.09. The Morgan fingerprint density at radius 1 is 0.913 bits per heavy atom. The van der Waals surface area contributed by atoms with Crippen molar-refractivity contribution in [1.29, 1.82) is 0 Å². The Morgan fingerprint density at radius 3 is 1.91 bits per heavy atom. The summed E-state index contributed by atoms with van der Waals surface area (Å²) in [6.07, 6.45) is -0.636. The molecule has 0 aliphatic rings. The van der Waals surface area contributed by atoms with Crippen molar-refractivity contribution in [2.24, 2.45) is 5.73 Å². The zero-order chi connectivity index (χ0) is 17.6. The summed E-state index contributed by atoms with van der Waals surface area (Å²) in [5.74, 6) is -2.54. The van der Waals surface area contributed by atoms with E-state index in [1.807, 2.05) is 0 Å². The maximum absolute atomic E-state index is 11.7. The topological polar surface area (TPSA) is 135 Å². The number of rotatable bonds is 7. The molecule has 4 N–H and O–H groups in total. The van der Waals surface area contributed by atoms with Gasteiger partial charge in [0.25, 0.3) is 5.91 Å². The first-order valence-corrected chi connectivity index (χ1v) is 6.71. The smallest absolute Gasteiger partial charge is 0.250 e. The molecule has 0 aromatic heterocycles. The third-order valence-corrected chi connectivity index (χ3v) is 2.66. The molecule has 0 aliphatic carbocycles. The normalized spacial score (nSPS) is 9.83. The molecule has 0 spiro atoms. The van der Waals surface area contributed by atoms with E-state index in [4.69, 9.17) is 5.73 Å². The molecule has 0 saturated carbocycles. The zero-order valence-corrected chi connectivity index (χ0v) is 12.8. The lowest BCUT2D eigenvalue weighted by molar-refractivity contribution is -0.125. The van der Waals surface area contributed by atoms with Gasteiger partial charge in [0, 0.05) is 5.69 Å². The van der Waals surface area contributed by atoms with Crippen molar-refractivity contribution in [1.82, 2.24) is 0 Å². The Morgan fingerprint density at radius 2 is 1.43 bits per heavy atom. The van der Waals surface area contributed by atoms with Crippen molar-refractivity contribution in [2.75, 3.05) is 10.6 Å². The number of Topliss-reactive ketones (excluding diaryl/α,β-unsaturated/α-hetero) is 2. The first-order chi connectivity index (χ1) is 10.7. The van der Waals surface area contributed by atoms with E-state index in [9.17, 15) is 24.0 Å². The number of primary amides is 1. The summed E-state index contributed by atoms with van der Waals surface area (Å²) in [7, 11) is 0. The number of carbonyl (C=O) groups excluding carboxylic acids is 5. The minimum Gasteiger partial charge on any atom is -0.366 e. The van der Waals surface area contributed by atoms with Crippen molar-refractivity contribution >= 4 is 40.7 Å². The molecule has 8 nitrogen and oxygen atoms in total. The molecule has 0 bridgehead atoms. The van der Waals surface area contributed by atoms with Gasteiger partial charge in [0.05, 0.1) is 24.1 Å². The molecular weight excluding hydrogens is 302 g/mol. The van der Waals surface area contributed by atoms with Crippen molar-refractivity contribution in [3.8, 4) is 0 Å². The van der Waals surface area contributed by atoms with Gasteiger partial charge in [-0.3, -0.25) is 24.0 Å². The van der Waals surface area contributed by atoms with Crippen LogP contribution in [-0.2, 0) is 19.2 Å². The Hall–Kier alpha value is -3.03. The summed E-state index contributed by atoms with van der Waals surface area (Å²) >= 11 is 0. The third kappa shape index (κ3) is 6.08. The molecule has 1 aromatic rings. The fourth-order valence-electron chi connectivity index (χ4n) is 1.79. The molecule has 0 saturated heterocycles. The lowest BCUT2D eigenvalue weighted by Gasteiger charge is -2.11. The van der Waals surface area contributed by atoms with Crippen LogP contribution in [0.4, 0.5) is 11.4 Å². The molecule has 0 unspecified atom stereocenters. The van der Waals surface area contributed by atoms with Crippen LogP contribution in [0.5, 0.6) is 0 Å². The lowest BCUT2D eigenvalue weighted by atomic mass is 10.1. The van der Waals surface area contributed by atoms with Crippen LogP contribution in [0.25, 0.3) is 0 Å². The Balaban J connectivity index is 3.00. The predicted molar refractivity (Wildman–Crippen MR) is 82.8 cm³/mol. The third-order valence-electron chi connectivity index (χ3n) is 2.66. The summed E-state index contributed by atoms with van der Waals surface area (Å²) < 4.78 is 0. The molecule has 0 aliphatic heterocycles. The van der Waals surface area contributed by atoms with Gasteiger partial charge in [-0.2, -0.15) is 0 Å². The minimum absolute atomic E-state index is 0.0338. The number of nitrogens with one attached hydrogen (secondary N) is 2. The first-order valence-electron chi connectivity index (χ1n) is 6.71. The molecule has 0 heterocycles. The van der Waals surface area contributed by atoms with E-state index in [2.05, 4.69) is 10.6 Å². The number of carbonyl (C=O) groups is 5. The standard InChI is InChI=1S/C15H17N3O5/c1-8(19)5-13(21)17-10-3-4-11(15(16)23)12(7-10)18-14(22)6-9(2)20/h3-4,7H,5-6H2,1-2H3,(H2,16,23)(H,17,21)(H,18,22). The summed E-state index contributed by atoms with van der Waals surface area (Å²) in [6, 6.07) is 4.07. The quantitative estimate of drug-likeness (QED) is 0.633. The summed E-state index contributed by atoms with van der Waals surface area (Å²) in [5.41, 5.74) is 5.60. The summed E-state index contributed by atoms with van der Waals surface area (Å²) in [5, 5.41) is 4.86. The monoisotopic (exact) mass is 319 g/mol. The molecular formula is C15H17N3O5. The van der Waals surface area contributed by atoms with Crippen molar-refractivity contribution in [3.05, 3.63) is 23.8 Å². The van der Waals surface area contributed by atoms with Crippen LogP contribution in [0.15, 0.2) is 18.2 Å². The van der Waals surface area contributed by atoms with Crippen LogP contribution < -0.4 is 16.4 Å². The Kier molecular flexibility index (Phi) is 6.13. The second kappa shape index (κ2) is 7.83. The maximum Gasteiger partial charge on any atom is 0.250 e. The Labute approximate surface area is 132 Å². The molecule has 1 aromatic carbocycles. The molecule has 0 fully saturated rings. The number of anilines is 2. The number of amides is 3. The van der Waals surface area contributed by atoms with E-state index >= 15 is 0 Å². The molecule has 0 atom stereocenters. The maximum atomic E-state index is 11.7. The summed E-state index contributed by atoms with van der Waals surface area (Å²) in [6.45, 7) is 2.54. The van der Waals surface area contributed by atoms with E-state index in [1.165, 1.54) is 32.0 Å². The van der Waals surface area contributed by atoms with E-state index in [0.29, 0.717) is 0 Å². The highest BCUT2D eigenvalue weighted by Crippen LogP contribution is 2.21. The van der Waals surface area contributed by atoms with Crippen LogP contribution >= 0.6 is 0 Å². The van der Waals surface area contributed by atoms with Crippen LogP contribution in [0.3, 0.4) is 0 Å². The fraction of sp³-hybridized carbons (Fsp3) is 0.267. The van der Waals surface area contributed by atoms with Gasteiger partial charge in [-0.1, -0.05) is 0 Å². The number of hydrogen-bond donors (Lipinski definition) is 3. The van der Waals surface area contributed by atoms with Gasteiger partial charge in [-0.05, 0) is 32.0 Å². The average molecular weight is 319 g/mol. The van der Waals surface area contributed by atoms with Gasteiger partial charge in [-0.15, -0.1) is 0 Å². The average Bonchev–Trinajstić information content (AvgIpc) is 2.35. The van der Waals surface area contributed by atoms with Gasteiger partial charge in [0.2, 0.25) is 11.8 Å². The molecule has 122 valence electrons. The van der Waals surface area contributed by atoms with Crippen LogP contribution in [-0.4, -0.2) is 29.3 Å². The van der Waals surface area contributed by atoms with Crippen molar-refractivity contribution in [2.45, 2.75) is 26.7 Å². The van der Waals surface area contributed by atoms with Gasteiger partial charge in [0.1, 0.15) is 11.6 Å². The first kappa shape index (κ1) is 18.0. The van der Waals surface area contributed by atoms with Crippen molar-refractivity contribution in [3.63, 3.8) is 0 Å². The van der Waals surface area contributed by atoms with Gasteiger partial charge >= 0.3 is 0 Å². The SMILES string of the molecule is CC(=O)CC(=O)Nc1ccc(C(N)=O)c(NC(=O)CC(C)=O)c1. The van der Waals surface area contributed by atoms with E-state index < -0.39 is 17.7 Å². The highest BCUT2D eigenvalue weighted by atomic mass is 16.2. The Bertz CT molecular complexity index is 682. The van der Waals surface area contributed by atoms with Gasteiger partial charge in [0.15, 0.2) is 0 Å². The number of hydrogen-bond acceptors (Lipinski definition) is 5. The summed E-state index contributed by atoms with van der Waals surface area (Å²) in [4.78, 5) is 56.4. The minimum atomic E-state index is -0.773. The van der Waals surface area contributed by atoms with Crippen LogP contribution in [0.2, 0.25) is 0 Å². The number of nitrogens with two attached hydrogens (primary N) is 1. The molecule has 3 amide bonds. The second-order valence-electron chi connectivity index (χ2n) is 4.98. The lowest BCUT2D eigenvalue weighted by Crippen LogP contribution is -2.20. The van der Waals surface area contributed by atoms with E-state index in [-0.39, 0.29) is 41.3 Å².